The van der Waals surface area contributed by atoms with Crippen molar-refractivity contribution in [1.82, 2.24) is 14.3 Å². The number of nitrogens with one attached hydrogen (secondary N) is 1. The monoisotopic (exact) mass is 198 g/mol. The molecule has 13 heavy (non-hydrogen) atoms. The molecule has 1 aromatic heterocycles. The van der Waals surface area contributed by atoms with Gasteiger partial charge in [0.1, 0.15) is 5.82 Å². The highest BCUT2D eigenvalue weighted by Gasteiger charge is 2.22. The van der Waals surface area contributed by atoms with Crippen LogP contribution in [0, 0.1) is 12.8 Å². The Balaban J connectivity index is 1.74. The second-order valence-corrected chi connectivity index (χ2v) is 4.37. The van der Waals surface area contributed by atoms with Gasteiger partial charge in [-0.15, -0.1) is 0 Å². The first-order valence-electron chi connectivity index (χ1n) is 4.47. The van der Waals surface area contributed by atoms with E-state index in [2.05, 4.69) is 26.6 Å². The van der Waals surface area contributed by atoms with Crippen LogP contribution in [0.4, 0.5) is 5.13 Å². The predicted octanol–water partition coefficient (Wildman–Crippen LogP) is 0.820. The molecule has 1 fully saturated rings. The van der Waals surface area contributed by atoms with Crippen LogP contribution in [0.3, 0.4) is 0 Å². The predicted molar refractivity (Wildman–Crippen MR) is 54.1 cm³/mol. The fraction of sp³-hybridized carbons (Fsp3) is 0.750. The molecule has 0 aliphatic carbocycles. The van der Waals surface area contributed by atoms with Gasteiger partial charge < -0.3 is 10.2 Å². The standard InChI is InChI=1S/C8H14N4S/c1-6-10-8(13-11-6)9-3-7-4-12(2)5-7/h7H,3-5H2,1-2H3,(H,9,10,11). The van der Waals surface area contributed by atoms with Crippen molar-refractivity contribution in [2.45, 2.75) is 6.92 Å². The van der Waals surface area contributed by atoms with E-state index in [1.165, 1.54) is 24.6 Å². The molecular formula is C8H14N4S. The summed E-state index contributed by atoms with van der Waals surface area (Å²) in [7, 11) is 2.14. The Morgan fingerprint density at radius 2 is 2.38 bits per heavy atom. The highest BCUT2D eigenvalue weighted by molar-refractivity contribution is 7.09. The molecule has 5 heteroatoms. The van der Waals surface area contributed by atoms with Crippen LogP contribution in [0.25, 0.3) is 0 Å². The fourth-order valence-electron chi connectivity index (χ4n) is 1.56. The molecule has 0 amide bonds. The Morgan fingerprint density at radius 1 is 1.62 bits per heavy atom. The van der Waals surface area contributed by atoms with Crippen molar-refractivity contribution < 1.29 is 0 Å². The van der Waals surface area contributed by atoms with E-state index < -0.39 is 0 Å². The van der Waals surface area contributed by atoms with Crippen molar-refractivity contribution in [3.8, 4) is 0 Å². The molecule has 1 aliphatic heterocycles. The van der Waals surface area contributed by atoms with Crippen LogP contribution < -0.4 is 5.32 Å². The van der Waals surface area contributed by atoms with E-state index in [4.69, 9.17) is 0 Å². The Morgan fingerprint density at radius 3 is 2.92 bits per heavy atom. The van der Waals surface area contributed by atoms with Gasteiger partial charge in [-0.1, -0.05) is 0 Å². The molecule has 2 heterocycles. The van der Waals surface area contributed by atoms with E-state index in [0.717, 1.165) is 23.4 Å². The minimum atomic E-state index is 0.786. The third-order valence-electron chi connectivity index (χ3n) is 2.21. The van der Waals surface area contributed by atoms with Gasteiger partial charge in [0.25, 0.3) is 0 Å². The number of aryl methyl sites for hydroxylation is 1. The number of nitrogens with zero attached hydrogens (tertiary/aromatic N) is 3. The van der Waals surface area contributed by atoms with Gasteiger partial charge in [-0.2, -0.15) is 4.37 Å². The van der Waals surface area contributed by atoms with E-state index in [9.17, 15) is 0 Å². The van der Waals surface area contributed by atoms with Crippen molar-refractivity contribution in [2.75, 3.05) is 32.0 Å². The second-order valence-electron chi connectivity index (χ2n) is 3.61. The molecule has 1 aromatic rings. The molecule has 0 atom stereocenters. The smallest absolute Gasteiger partial charge is 0.202 e. The normalized spacial score (nSPS) is 18.6. The molecule has 0 bridgehead atoms. The lowest BCUT2D eigenvalue weighted by Crippen LogP contribution is -2.46. The summed E-state index contributed by atoms with van der Waals surface area (Å²) in [4.78, 5) is 6.56. The fourth-order valence-corrected chi connectivity index (χ4v) is 2.14. The summed E-state index contributed by atoms with van der Waals surface area (Å²) < 4.78 is 4.11. The van der Waals surface area contributed by atoms with E-state index in [0.29, 0.717) is 0 Å². The number of rotatable bonds is 3. The first-order chi connectivity index (χ1) is 6.24. The summed E-state index contributed by atoms with van der Waals surface area (Å²) >= 11 is 1.44. The number of aromatic nitrogens is 2. The van der Waals surface area contributed by atoms with E-state index in [1.807, 2.05) is 6.92 Å². The Hall–Kier alpha value is -0.680. The van der Waals surface area contributed by atoms with Crippen LogP contribution in [0.1, 0.15) is 5.82 Å². The SMILES string of the molecule is Cc1nsc(NCC2CN(C)C2)n1. The lowest BCUT2D eigenvalue weighted by Gasteiger charge is -2.36. The maximum absolute atomic E-state index is 4.24. The van der Waals surface area contributed by atoms with E-state index in [1.54, 1.807) is 0 Å². The van der Waals surface area contributed by atoms with Crippen molar-refractivity contribution >= 4 is 16.7 Å². The third-order valence-corrected chi connectivity index (χ3v) is 2.97. The molecule has 2 rings (SSSR count). The molecule has 4 nitrogen and oxygen atoms in total. The summed E-state index contributed by atoms with van der Waals surface area (Å²) in [6.07, 6.45) is 0. The maximum Gasteiger partial charge on any atom is 0.202 e. The van der Waals surface area contributed by atoms with E-state index >= 15 is 0 Å². The van der Waals surface area contributed by atoms with Crippen molar-refractivity contribution in [3.63, 3.8) is 0 Å². The molecule has 0 aromatic carbocycles. The second kappa shape index (κ2) is 3.59. The van der Waals surface area contributed by atoms with Gasteiger partial charge in [0.2, 0.25) is 5.13 Å². The van der Waals surface area contributed by atoms with Crippen LogP contribution in [-0.4, -0.2) is 40.9 Å². The summed E-state index contributed by atoms with van der Waals surface area (Å²) in [6.45, 7) is 5.34. The molecule has 0 saturated carbocycles. The Bertz CT molecular complexity index is 279. The van der Waals surface area contributed by atoms with Crippen LogP contribution in [-0.2, 0) is 0 Å². The van der Waals surface area contributed by atoms with Crippen molar-refractivity contribution in [3.05, 3.63) is 5.82 Å². The topological polar surface area (TPSA) is 41.1 Å². The quantitative estimate of drug-likeness (QED) is 0.780. The van der Waals surface area contributed by atoms with Crippen LogP contribution in [0.15, 0.2) is 0 Å². The van der Waals surface area contributed by atoms with Gasteiger partial charge in [0, 0.05) is 37.1 Å². The largest absolute Gasteiger partial charge is 0.360 e. The number of hydrogen-bond donors (Lipinski definition) is 1. The van der Waals surface area contributed by atoms with E-state index in [-0.39, 0.29) is 0 Å². The van der Waals surface area contributed by atoms with Crippen molar-refractivity contribution in [1.29, 1.82) is 0 Å². The molecule has 0 unspecified atom stereocenters. The van der Waals surface area contributed by atoms with Gasteiger partial charge in [-0.3, -0.25) is 0 Å². The number of likely N-dealkylation sites (tertiary alicyclic amines) is 1. The molecule has 1 N–H and O–H groups in total. The molecule has 1 aliphatic rings. The zero-order chi connectivity index (χ0) is 9.26. The zero-order valence-electron chi connectivity index (χ0n) is 7.95. The van der Waals surface area contributed by atoms with Gasteiger partial charge in [-0.05, 0) is 14.0 Å². The molecule has 72 valence electrons. The third kappa shape index (κ3) is 2.16. The first-order valence-corrected chi connectivity index (χ1v) is 5.24. The van der Waals surface area contributed by atoms with Gasteiger partial charge in [-0.25, -0.2) is 4.98 Å². The van der Waals surface area contributed by atoms with Gasteiger partial charge >= 0.3 is 0 Å². The maximum atomic E-state index is 4.24. The molecular weight excluding hydrogens is 184 g/mol. The summed E-state index contributed by atoms with van der Waals surface area (Å²) in [5.74, 6) is 1.65. The number of anilines is 1. The van der Waals surface area contributed by atoms with Crippen molar-refractivity contribution in [2.24, 2.45) is 5.92 Å². The summed E-state index contributed by atoms with van der Waals surface area (Å²) in [5.41, 5.74) is 0. The Kier molecular flexibility index (Phi) is 2.46. The van der Waals surface area contributed by atoms with Gasteiger partial charge in [0.05, 0.1) is 0 Å². The average molecular weight is 198 g/mol. The van der Waals surface area contributed by atoms with Gasteiger partial charge in [0.15, 0.2) is 0 Å². The molecule has 0 spiro atoms. The Labute approximate surface area is 82.1 Å². The number of hydrogen-bond acceptors (Lipinski definition) is 5. The lowest BCUT2D eigenvalue weighted by molar-refractivity contribution is 0.144. The highest BCUT2D eigenvalue weighted by Crippen LogP contribution is 2.15. The highest BCUT2D eigenvalue weighted by atomic mass is 32.1. The summed E-state index contributed by atoms with van der Waals surface area (Å²) in [6, 6.07) is 0. The molecule has 1 saturated heterocycles. The minimum Gasteiger partial charge on any atom is -0.360 e. The van der Waals surface area contributed by atoms with Crippen LogP contribution in [0.5, 0.6) is 0 Å². The minimum absolute atomic E-state index is 0.786. The zero-order valence-corrected chi connectivity index (χ0v) is 8.77. The molecule has 0 radical (unpaired) electrons. The van der Waals surface area contributed by atoms with Crippen LogP contribution >= 0.6 is 11.5 Å². The lowest BCUT2D eigenvalue weighted by atomic mass is 10.0. The van der Waals surface area contributed by atoms with Crippen LogP contribution in [0.2, 0.25) is 0 Å². The summed E-state index contributed by atoms with van der Waals surface area (Å²) in [5, 5.41) is 4.26. The average Bonchev–Trinajstić information content (AvgIpc) is 2.43. The first kappa shape index (κ1) is 8.90.